The monoisotopic (exact) mass is 272 g/mol. The molecule has 0 radical (unpaired) electrons. The highest BCUT2D eigenvalue weighted by molar-refractivity contribution is 7.81. The predicted octanol–water partition coefficient (Wildman–Crippen LogP) is -1.16. The molecule has 0 saturated heterocycles. The van der Waals surface area contributed by atoms with Crippen LogP contribution in [-0.2, 0) is 0 Å². The van der Waals surface area contributed by atoms with Crippen LogP contribution in [-0.4, -0.2) is 61.4 Å². The van der Waals surface area contributed by atoms with E-state index < -0.39 is 31.0 Å². The zero-order valence-corrected chi connectivity index (χ0v) is 10.4. The van der Waals surface area contributed by atoms with Crippen LogP contribution in [0.4, 0.5) is 0 Å². The Morgan fingerprint density at radius 2 is 1.56 bits per heavy atom. The lowest BCUT2D eigenvalue weighted by molar-refractivity contribution is -0.100. The van der Waals surface area contributed by atoms with Crippen LogP contribution >= 0.6 is 12.2 Å². The highest BCUT2D eigenvalue weighted by atomic mass is 32.1. The van der Waals surface area contributed by atoms with E-state index in [1.807, 2.05) is 0 Å². The fraction of sp³-hybridized carbons (Fsp3) is 0.417. The Morgan fingerprint density at radius 1 is 1.00 bits per heavy atom. The van der Waals surface area contributed by atoms with Crippen LogP contribution in [0.25, 0.3) is 0 Å². The van der Waals surface area contributed by atoms with E-state index in [0.717, 1.165) is 0 Å². The summed E-state index contributed by atoms with van der Waals surface area (Å²) in [5.41, 5.74) is 0.546. The summed E-state index contributed by atoms with van der Waals surface area (Å²) in [5, 5.41) is 46.8. The Morgan fingerprint density at radius 3 is 2.06 bits per heavy atom. The van der Waals surface area contributed by atoms with E-state index in [-0.39, 0.29) is 4.86 Å². The molecule has 0 saturated carbocycles. The van der Waals surface area contributed by atoms with Crippen molar-refractivity contribution in [2.75, 3.05) is 6.61 Å². The molecule has 0 aliphatic heterocycles. The molecule has 1 rings (SSSR count). The molecule has 4 atom stereocenters. The molecule has 1 aromatic rings. The molecule has 0 bridgehead atoms. The Kier molecular flexibility index (Phi) is 5.80. The number of thiocarbonyl (C=S) groups is 1. The standard InChI is InChI=1S/C12H16O5S/c13-6-8(14)9(15)10(16)11(17)12(18)7-4-2-1-3-5-7/h1-5,8-11,13-17H,6H2. The first-order chi connectivity index (χ1) is 8.49. The van der Waals surface area contributed by atoms with Crippen LogP contribution in [0.5, 0.6) is 0 Å². The minimum absolute atomic E-state index is 0.0623. The van der Waals surface area contributed by atoms with Crippen LogP contribution in [0.1, 0.15) is 5.56 Å². The van der Waals surface area contributed by atoms with E-state index >= 15 is 0 Å². The molecular formula is C12H16O5S. The fourth-order valence-electron chi connectivity index (χ4n) is 1.45. The maximum absolute atomic E-state index is 9.81. The van der Waals surface area contributed by atoms with Gasteiger partial charge >= 0.3 is 0 Å². The van der Waals surface area contributed by atoms with Gasteiger partial charge in [-0.2, -0.15) is 0 Å². The number of hydrogen-bond donors (Lipinski definition) is 5. The lowest BCUT2D eigenvalue weighted by Gasteiger charge is -2.26. The molecule has 0 aliphatic rings. The smallest absolute Gasteiger partial charge is 0.118 e. The van der Waals surface area contributed by atoms with Crippen molar-refractivity contribution in [3.63, 3.8) is 0 Å². The van der Waals surface area contributed by atoms with E-state index in [9.17, 15) is 20.4 Å². The molecule has 4 unspecified atom stereocenters. The number of aliphatic hydroxyl groups is 5. The topological polar surface area (TPSA) is 101 Å². The maximum Gasteiger partial charge on any atom is 0.118 e. The minimum atomic E-state index is -1.67. The van der Waals surface area contributed by atoms with Gasteiger partial charge in [0.1, 0.15) is 24.4 Å². The van der Waals surface area contributed by atoms with Gasteiger partial charge in [0.05, 0.1) is 11.5 Å². The zero-order chi connectivity index (χ0) is 13.7. The molecule has 0 aliphatic carbocycles. The highest BCUT2D eigenvalue weighted by Crippen LogP contribution is 2.12. The summed E-state index contributed by atoms with van der Waals surface area (Å²) in [6.07, 6.45) is -6.38. The van der Waals surface area contributed by atoms with Gasteiger partial charge < -0.3 is 25.5 Å². The van der Waals surface area contributed by atoms with Crippen LogP contribution in [0, 0.1) is 0 Å². The van der Waals surface area contributed by atoms with E-state index in [2.05, 4.69) is 0 Å². The van der Waals surface area contributed by atoms with Crippen molar-refractivity contribution in [1.29, 1.82) is 0 Å². The largest absolute Gasteiger partial charge is 0.394 e. The van der Waals surface area contributed by atoms with E-state index in [1.54, 1.807) is 30.3 Å². The third-order valence-electron chi connectivity index (χ3n) is 2.58. The third-order valence-corrected chi connectivity index (χ3v) is 3.06. The summed E-state index contributed by atoms with van der Waals surface area (Å²) < 4.78 is 0. The Hall–Kier alpha value is -0.890. The van der Waals surface area contributed by atoms with Gasteiger partial charge in [-0.05, 0) is 5.56 Å². The average molecular weight is 272 g/mol. The van der Waals surface area contributed by atoms with Gasteiger partial charge in [-0.25, -0.2) is 0 Å². The van der Waals surface area contributed by atoms with Gasteiger partial charge in [0.15, 0.2) is 0 Å². The van der Waals surface area contributed by atoms with Crippen molar-refractivity contribution >= 4 is 17.1 Å². The molecular weight excluding hydrogens is 256 g/mol. The molecule has 5 N–H and O–H groups in total. The van der Waals surface area contributed by atoms with Crippen LogP contribution in [0.3, 0.4) is 0 Å². The zero-order valence-electron chi connectivity index (χ0n) is 9.55. The molecule has 18 heavy (non-hydrogen) atoms. The third kappa shape index (κ3) is 3.55. The molecule has 5 nitrogen and oxygen atoms in total. The van der Waals surface area contributed by atoms with Crippen molar-refractivity contribution < 1.29 is 25.5 Å². The summed E-state index contributed by atoms with van der Waals surface area (Å²) in [7, 11) is 0. The quantitative estimate of drug-likeness (QED) is 0.331. The summed E-state index contributed by atoms with van der Waals surface area (Å²) in [6.45, 7) is -0.719. The number of aliphatic hydroxyl groups excluding tert-OH is 5. The number of rotatable bonds is 6. The molecule has 1 aromatic carbocycles. The van der Waals surface area contributed by atoms with Crippen molar-refractivity contribution in [2.45, 2.75) is 24.4 Å². The molecule has 0 heterocycles. The molecule has 0 fully saturated rings. The van der Waals surface area contributed by atoms with Gasteiger partial charge in [0.2, 0.25) is 0 Å². The van der Waals surface area contributed by atoms with Crippen molar-refractivity contribution in [1.82, 2.24) is 0 Å². The van der Waals surface area contributed by atoms with E-state index in [1.165, 1.54) is 0 Å². The molecule has 0 spiro atoms. The normalized spacial score (nSPS) is 17.8. The van der Waals surface area contributed by atoms with Gasteiger partial charge in [-0.15, -0.1) is 0 Å². The van der Waals surface area contributed by atoms with Crippen LogP contribution in [0.15, 0.2) is 30.3 Å². The fourth-order valence-corrected chi connectivity index (χ4v) is 1.73. The van der Waals surface area contributed by atoms with E-state index in [0.29, 0.717) is 5.56 Å². The Balaban J connectivity index is 2.75. The van der Waals surface area contributed by atoms with Crippen molar-refractivity contribution in [2.24, 2.45) is 0 Å². The van der Waals surface area contributed by atoms with E-state index in [4.69, 9.17) is 17.3 Å². The van der Waals surface area contributed by atoms with Crippen molar-refractivity contribution in [3.05, 3.63) is 35.9 Å². The van der Waals surface area contributed by atoms with Gasteiger partial charge in [0, 0.05) is 0 Å². The summed E-state index contributed by atoms with van der Waals surface area (Å²) in [5.74, 6) is 0. The lowest BCUT2D eigenvalue weighted by Crippen LogP contribution is -2.48. The second-order valence-corrected chi connectivity index (χ2v) is 4.35. The predicted molar refractivity (Wildman–Crippen MR) is 69.3 cm³/mol. The highest BCUT2D eigenvalue weighted by Gasteiger charge is 2.32. The molecule has 0 amide bonds. The maximum atomic E-state index is 9.81. The second-order valence-electron chi connectivity index (χ2n) is 3.91. The SMILES string of the molecule is OCC(O)C(O)C(O)C(O)C(=S)c1ccccc1. The first-order valence-electron chi connectivity index (χ1n) is 5.41. The average Bonchev–Trinajstić information content (AvgIpc) is 2.44. The Labute approximate surface area is 110 Å². The van der Waals surface area contributed by atoms with Crippen LogP contribution in [0.2, 0.25) is 0 Å². The first kappa shape index (κ1) is 15.2. The summed E-state index contributed by atoms with van der Waals surface area (Å²) >= 11 is 5.00. The van der Waals surface area contributed by atoms with Gasteiger partial charge in [-0.3, -0.25) is 0 Å². The van der Waals surface area contributed by atoms with Gasteiger partial charge in [-0.1, -0.05) is 42.5 Å². The lowest BCUT2D eigenvalue weighted by atomic mass is 9.97. The Bertz CT molecular complexity index is 383. The molecule has 6 heteroatoms. The number of benzene rings is 1. The molecule has 100 valence electrons. The summed E-state index contributed by atoms with van der Waals surface area (Å²) in [6, 6.07) is 8.54. The first-order valence-corrected chi connectivity index (χ1v) is 5.82. The summed E-state index contributed by atoms with van der Waals surface area (Å²) in [4.78, 5) is 0.0623. The minimum Gasteiger partial charge on any atom is -0.394 e. The van der Waals surface area contributed by atoms with Gasteiger partial charge in [0.25, 0.3) is 0 Å². The van der Waals surface area contributed by atoms with Crippen LogP contribution < -0.4 is 0 Å². The number of hydrogen-bond acceptors (Lipinski definition) is 6. The second kappa shape index (κ2) is 6.89. The van der Waals surface area contributed by atoms with Crippen molar-refractivity contribution in [3.8, 4) is 0 Å². The molecule has 0 aromatic heterocycles.